The van der Waals surface area contributed by atoms with Crippen LogP contribution in [0.15, 0.2) is 36.5 Å². The highest BCUT2D eigenvalue weighted by atomic mass is 16.5. The first-order valence-corrected chi connectivity index (χ1v) is 6.53. The van der Waals surface area contributed by atoms with E-state index in [9.17, 15) is 0 Å². The summed E-state index contributed by atoms with van der Waals surface area (Å²) in [6, 6.07) is 11.5. The smallest absolute Gasteiger partial charge is 0.161 e. The molecule has 108 valence electrons. The highest BCUT2D eigenvalue weighted by Gasteiger charge is 2.04. The van der Waals surface area contributed by atoms with Gasteiger partial charge in [0.05, 0.1) is 14.2 Å². The molecule has 5 nitrogen and oxygen atoms in total. The molecule has 0 bridgehead atoms. The molecule has 0 aliphatic carbocycles. The Morgan fingerprint density at radius 2 is 1.76 bits per heavy atom. The number of pyridine rings is 1. The molecule has 1 heterocycles. The summed E-state index contributed by atoms with van der Waals surface area (Å²) < 4.78 is 10.5. The van der Waals surface area contributed by atoms with E-state index in [-0.39, 0.29) is 0 Å². The van der Waals surface area contributed by atoms with Crippen LogP contribution < -0.4 is 14.8 Å². The van der Waals surface area contributed by atoms with Crippen LogP contribution in [0.2, 0.25) is 0 Å². The van der Waals surface area contributed by atoms with Gasteiger partial charge in [0.2, 0.25) is 0 Å². The lowest BCUT2D eigenvalue weighted by Gasteiger charge is -2.10. The van der Waals surface area contributed by atoms with Crippen molar-refractivity contribution < 1.29 is 9.47 Å². The predicted molar refractivity (Wildman–Crippen MR) is 79.0 cm³/mol. The van der Waals surface area contributed by atoms with Crippen LogP contribution in [0.5, 0.6) is 11.5 Å². The van der Waals surface area contributed by atoms with Crippen molar-refractivity contribution in [3.05, 3.63) is 53.3 Å². The topological polar surface area (TPSA) is 67.2 Å². The third-order valence-corrected chi connectivity index (χ3v) is 3.05. The van der Waals surface area contributed by atoms with E-state index < -0.39 is 0 Å². The van der Waals surface area contributed by atoms with Crippen molar-refractivity contribution in [1.29, 1.82) is 5.26 Å². The molecule has 0 aliphatic rings. The van der Waals surface area contributed by atoms with Crippen molar-refractivity contribution in [3.63, 3.8) is 0 Å². The second kappa shape index (κ2) is 7.27. The Bertz CT molecular complexity index is 650. The molecule has 0 amide bonds. The highest BCUT2D eigenvalue weighted by molar-refractivity contribution is 5.42. The van der Waals surface area contributed by atoms with Gasteiger partial charge in [-0.3, -0.25) is 0 Å². The van der Waals surface area contributed by atoms with E-state index in [1.54, 1.807) is 26.5 Å². The molecule has 2 rings (SSSR count). The van der Waals surface area contributed by atoms with Gasteiger partial charge in [-0.25, -0.2) is 4.98 Å². The monoisotopic (exact) mass is 283 g/mol. The second-order valence-electron chi connectivity index (χ2n) is 4.45. The average Bonchev–Trinajstić information content (AvgIpc) is 2.55. The summed E-state index contributed by atoms with van der Waals surface area (Å²) in [5.74, 6) is 1.43. The van der Waals surface area contributed by atoms with Crippen LogP contribution in [-0.4, -0.2) is 19.2 Å². The summed E-state index contributed by atoms with van der Waals surface area (Å²) in [4.78, 5) is 3.95. The van der Waals surface area contributed by atoms with Crippen LogP contribution in [-0.2, 0) is 13.1 Å². The second-order valence-corrected chi connectivity index (χ2v) is 4.45. The molecule has 1 aromatic carbocycles. The van der Waals surface area contributed by atoms with E-state index in [4.69, 9.17) is 14.7 Å². The van der Waals surface area contributed by atoms with Crippen molar-refractivity contribution in [2.75, 3.05) is 14.2 Å². The van der Waals surface area contributed by atoms with E-state index >= 15 is 0 Å². The van der Waals surface area contributed by atoms with E-state index in [0.717, 1.165) is 11.1 Å². The molecule has 0 atom stereocenters. The number of aromatic nitrogens is 1. The van der Waals surface area contributed by atoms with Crippen LogP contribution in [0.3, 0.4) is 0 Å². The minimum atomic E-state index is 0.431. The minimum Gasteiger partial charge on any atom is -0.493 e. The maximum absolute atomic E-state index is 8.81. The molecule has 1 N–H and O–H groups in total. The molecular formula is C16H17N3O2. The van der Waals surface area contributed by atoms with Crippen LogP contribution in [0.1, 0.15) is 16.8 Å². The quantitative estimate of drug-likeness (QED) is 0.880. The third kappa shape index (κ3) is 3.94. The van der Waals surface area contributed by atoms with Crippen molar-refractivity contribution in [3.8, 4) is 17.6 Å². The molecule has 0 fully saturated rings. The lowest BCUT2D eigenvalue weighted by Crippen LogP contribution is -2.13. The van der Waals surface area contributed by atoms with Crippen molar-refractivity contribution in [1.82, 2.24) is 10.3 Å². The molecule has 0 saturated carbocycles. The van der Waals surface area contributed by atoms with Gasteiger partial charge < -0.3 is 14.8 Å². The minimum absolute atomic E-state index is 0.431. The summed E-state index contributed by atoms with van der Waals surface area (Å²) in [5.41, 5.74) is 2.56. The van der Waals surface area contributed by atoms with Crippen molar-refractivity contribution in [2.24, 2.45) is 0 Å². The number of rotatable bonds is 6. The summed E-state index contributed by atoms with van der Waals surface area (Å²) >= 11 is 0. The molecule has 0 radical (unpaired) electrons. The first kappa shape index (κ1) is 14.8. The Kier molecular flexibility index (Phi) is 5.13. The zero-order valence-electron chi connectivity index (χ0n) is 12.1. The van der Waals surface area contributed by atoms with Gasteiger partial charge >= 0.3 is 0 Å². The normalized spacial score (nSPS) is 9.95. The lowest BCUT2D eigenvalue weighted by atomic mass is 10.2. The van der Waals surface area contributed by atoms with Crippen LogP contribution in [0, 0.1) is 11.3 Å². The van der Waals surface area contributed by atoms with Crippen LogP contribution in [0.25, 0.3) is 0 Å². The number of nitriles is 1. The number of ether oxygens (including phenoxy) is 2. The van der Waals surface area contributed by atoms with Gasteiger partial charge in [0.1, 0.15) is 11.8 Å². The maximum Gasteiger partial charge on any atom is 0.161 e. The SMILES string of the molecule is COc1ccc(CNCc2ccnc(C#N)c2)cc1OC. The fraction of sp³-hybridized carbons (Fsp3) is 0.250. The van der Waals surface area contributed by atoms with Crippen molar-refractivity contribution in [2.45, 2.75) is 13.1 Å². The molecule has 1 aromatic heterocycles. The van der Waals surface area contributed by atoms with Gasteiger partial charge in [-0.2, -0.15) is 5.26 Å². The summed E-state index contributed by atoms with van der Waals surface area (Å²) in [5, 5.41) is 12.1. The molecule has 0 aliphatic heterocycles. The van der Waals surface area contributed by atoms with Crippen LogP contribution >= 0.6 is 0 Å². The lowest BCUT2D eigenvalue weighted by molar-refractivity contribution is 0.354. The van der Waals surface area contributed by atoms with Gasteiger partial charge in [0, 0.05) is 19.3 Å². The Hall–Kier alpha value is -2.58. The first-order valence-electron chi connectivity index (χ1n) is 6.53. The highest BCUT2D eigenvalue weighted by Crippen LogP contribution is 2.27. The summed E-state index contributed by atoms with van der Waals surface area (Å²) in [6.07, 6.45) is 1.64. The van der Waals surface area contributed by atoms with Crippen molar-refractivity contribution >= 4 is 0 Å². The van der Waals surface area contributed by atoms with E-state index in [0.29, 0.717) is 30.3 Å². The van der Waals surface area contributed by atoms with E-state index in [2.05, 4.69) is 10.3 Å². The molecule has 0 spiro atoms. The number of hydrogen-bond donors (Lipinski definition) is 1. The Labute approximate surface area is 124 Å². The molecule has 0 saturated heterocycles. The number of nitrogens with one attached hydrogen (secondary N) is 1. The molecule has 5 heteroatoms. The van der Waals surface area contributed by atoms with Gasteiger partial charge in [-0.1, -0.05) is 6.07 Å². The standard InChI is InChI=1S/C16H17N3O2/c1-20-15-4-3-12(8-16(15)21-2)10-18-11-13-5-6-19-14(7-13)9-17/h3-8,18H,10-11H2,1-2H3. The molecule has 0 unspecified atom stereocenters. The Morgan fingerprint density at radius 1 is 1.05 bits per heavy atom. The van der Waals surface area contributed by atoms with Crippen LogP contribution in [0.4, 0.5) is 0 Å². The number of methoxy groups -OCH3 is 2. The largest absolute Gasteiger partial charge is 0.493 e. The van der Waals surface area contributed by atoms with Gasteiger partial charge in [-0.05, 0) is 35.4 Å². The first-order chi connectivity index (χ1) is 10.3. The molecule has 2 aromatic rings. The number of nitrogens with zero attached hydrogens (tertiary/aromatic N) is 2. The Balaban J connectivity index is 1.95. The van der Waals surface area contributed by atoms with Gasteiger partial charge in [0.15, 0.2) is 11.5 Å². The third-order valence-electron chi connectivity index (χ3n) is 3.05. The van der Waals surface area contributed by atoms with E-state index in [1.165, 1.54) is 0 Å². The summed E-state index contributed by atoms with van der Waals surface area (Å²) in [6.45, 7) is 1.37. The fourth-order valence-corrected chi connectivity index (χ4v) is 1.99. The van der Waals surface area contributed by atoms with Gasteiger partial charge in [-0.15, -0.1) is 0 Å². The summed E-state index contributed by atoms with van der Waals surface area (Å²) in [7, 11) is 3.24. The zero-order valence-corrected chi connectivity index (χ0v) is 12.1. The van der Waals surface area contributed by atoms with Gasteiger partial charge in [0.25, 0.3) is 0 Å². The predicted octanol–water partition coefficient (Wildman–Crippen LogP) is 2.26. The fourth-order valence-electron chi connectivity index (χ4n) is 1.99. The number of hydrogen-bond acceptors (Lipinski definition) is 5. The Morgan fingerprint density at radius 3 is 2.43 bits per heavy atom. The maximum atomic E-state index is 8.81. The van der Waals surface area contributed by atoms with E-state index in [1.807, 2.05) is 30.3 Å². The zero-order chi connectivity index (χ0) is 15.1. The number of benzene rings is 1. The molecule has 21 heavy (non-hydrogen) atoms. The average molecular weight is 283 g/mol. The molecular weight excluding hydrogens is 266 g/mol.